The molecule has 0 spiro atoms. The van der Waals surface area contributed by atoms with Gasteiger partial charge in [0.2, 0.25) is 0 Å². The van der Waals surface area contributed by atoms with Crippen molar-refractivity contribution in [2.24, 2.45) is 5.16 Å². The molecule has 1 aromatic rings. The van der Waals surface area contributed by atoms with Crippen molar-refractivity contribution >= 4 is 5.71 Å². The lowest BCUT2D eigenvalue weighted by Crippen LogP contribution is -2.36. The maximum absolute atomic E-state index is 12.6. The second-order valence-corrected chi connectivity index (χ2v) is 4.32. The highest BCUT2D eigenvalue weighted by Gasteiger charge is 2.32. The number of rotatable bonds is 3. The van der Waals surface area contributed by atoms with Crippen LogP contribution >= 0.6 is 0 Å². The van der Waals surface area contributed by atoms with Crippen LogP contribution in [-0.2, 0) is 15.8 Å². The number of hydrogen-bond donors (Lipinski definition) is 1. The zero-order chi connectivity index (χ0) is 14.8. The van der Waals surface area contributed by atoms with E-state index in [1.807, 2.05) is 0 Å². The van der Waals surface area contributed by atoms with E-state index in [0.29, 0.717) is 6.61 Å². The predicted octanol–water partition coefficient (Wildman–Crippen LogP) is 2.55. The van der Waals surface area contributed by atoms with Crippen LogP contribution in [0.15, 0.2) is 29.4 Å². The summed E-state index contributed by atoms with van der Waals surface area (Å²) >= 11 is 0. The Morgan fingerprint density at radius 2 is 2.20 bits per heavy atom. The predicted molar refractivity (Wildman–Crippen MR) is 65.1 cm³/mol. The van der Waals surface area contributed by atoms with Gasteiger partial charge in [-0.15, -0.1) is 0 Å². The summed E-state index contributed by atoms with van der Waals surface area (Å²) in [6, 6.07) is 4.75. The lowest BCUT2D eigenvalue weighted by atomic mass is 10.0. The maximum atomic E-state index is 12.6. The van der Waals surface area contributed by atoms with Crippen molar-refractivity contribution in [2.45, 2.75) is 31.9 Å². The molecule has 4 nitrogen and oxygen atoms in total. The van der Waals surface area contributed by atoms with E-state index in [1.54, 1.807) is 6.92 Å². The Hall–Kier alpha value is -1.60. The van der Waals surface area contributed by atoms with Crippen molar-refractivity contribution < 1.29 is 27.9 Å². The number of alkyl halides is 3. The van der Waals surface area contributed by atoms with E-state index in [0.717, 1.165) is 12.1 Å². The number of benzene rings is 1. The number of aliphatic hydroxyl groups excluding tert-OH is 1. The second kappa shape index (κ2) is 5.80. The average molecular weight is 289 g/mol. The third kappa shape index (κ3) is 3.29. The molecule has 1 heterocycles. The molecule has 1 aromatic carbocycles. The summed E-state index contributed by atoms with van der Waals surface area (Å²) < 4.78 is 43.0. The number of aliphatic hydroxyl groups is 1. The molecule has 2 rings (SSSR count). The van der Waals surface area contributed by atoms with Crippen LogP contribution in [0.5, 0.6) is 0 Å². The molecule has 0 unspecified atom stereocenters. The molecule has 1 aliphatic heterocycles. The number of halogens is 3. The van der Waals surface area contributed by atoms with Gasteiger partial charge in [-0.2, -0.15) is 13.2 Å². The Balaban J connectivity index is 2.21. The molecule has 0 amide bonds. The van der Waals surface area contributed by atoms with Gasteiger partial charge < -0.3 is 14.7 Å². The van der Waals surface area contributed by atoms with E-state index < -0.39 is 24.1 Å². The normalized spacial score (nSPS) is 23.1. The minimum atomic E-state index is -4.42. The zero-order valence-electron chi connectivity index (χ0n) is 10.7. The van der Waals surface area contributed by atoms with Crippen molar-refractivity contribution in [3.05, 3.63) is 35.4 Å². The molecule has 0 radical (unpaired) electrons. The van der Waals surface area contributed by atoms with Gasteiger partial charge in [-0.1, -0.05) is 17.3 Å². The summed E-state index contributed by atoms with van der Waals surface area (Å²) in [7, 11) is 0. The summed E-state index contributed by atoms with van der Waals surface area (Å²) in [6.07, 6.45) is -6.18. The van der Waals surface area contributed by atoms with Crippen LogP contribution < -0.4 is 0 Å². The first-order valence-electron chi connectivity index (χ1n) is 6.12. The molecule has 7 heteroatoms. The van der Waals surface area contributed by atoms with Crippen LogP contribution in [0.2, 0.25) is 0 Å². The Labute approximate surface area is 113 Å². The molecule has 0 aliphatic carbocycles. The quantitative estimate of drug-likeness (QED) is 0.930. The topological polar surface area (TPSA) is 51.0 Å². The van der Waals surface area contributed by atoms with Gasteiger partial charge >= 0.3 is 6.18 Å². The smallest absolute Gasteiger partial charge is 0.386 e. The minimum absolute atomic E-state index is 0.0754. The summed E-state index contributed by atoms with van der Waals surface area (Å²) in [5.41, 5.74) is -0.229. The molecule has 20 heavy (non-hydrogen) atoms. The average Bonchev–Trinajstić information content (AvgIpc) is 2.40. The number of oxime groups is 1. The van der Waals surface area contributed by atoms with Crippen LogP contribution in [0.25, 0.3) is 0 Å². The molecule has 2 atom stereocenters. The molecular weight excluding hydrogens is 275 g/mol. The van der Waals surface area contributed by atoms with E-state index in [-0.39, 0.29) is 17.7 Å². The fourth-order valence-corrected chi connectivity index (χ4v) is 1.87. The van der Waals surface area contributed by atoms with Gasteiger partial charge in [0.15, 0.2) is 0 Å². The fraction of sp³-hybridized carbons (Fsp3) is 0.462. The molecule has 0 saturated carbocycles. The summed E-state index contributed by atoms with van der Waals surface area (Å²) in [6.45, 7) is 2.08. The lowest BCUT2D eigenvalue weighted by molar-refractivity contribution is -0.196. The maximum Gasteiger partial charge on any atom is 0.416 e. The lowest BCUT2D eigenvalue weighted by Gasteiger charge is -2.25. The zero-order valence-corrected chi connectivity index (χ0v) is 10.7. The van der Waals surface area contributed by atoms with Gasteiger partial charge in [0.05, 0.1) is 11.3 Å². The second-order valence-electron chi connectivity index (χ2n) is 4.32. The van der Waals surface area contributed by atoms with Crippen molar-refractivity contribution in [1.82, 2.24) is 0 Å². The van der Waals surface area contributed by atoms with Crippen LogP contribution in [0.3, 0.4) is 0 Å². The van der Waals surface area contributed by atoms with Crippen LogP contribution in [0.1, 0.15) is 24.5 Å². The van der Waals surface area contributed by atoms with E-state index in [1.165, 1.54) is 12.1 Å². The van der Waals surface area contributed by atoms with E-state index >= 15 is 0 Å². The monoisotopic (exact) mass is 289 g/mol. The minimum Gasteiger partial charge on any atom is -0.386 e. The Kier molecular flexibility index (Phi) is 4.29. The van der Waals surface area contributed by atoms with Crippen molar-refractivity contribution in [3.63, 3.8) is 0 Å². The standard InChI is InChI=1S/C13H14F3NO3/c1-2-19-12-11(18)7-10(17-20-12)8-4-3-5-9(6-8)13(14,15)16/h3-6,11-12,18H,2,7H2,1H3/t11-,12-/m0/s1. The van der Waals surface area contributed by atoms with Crippen molar-refractivity contribution in [2.75, 3.05) is 6.61 Å². The third-order valence-corrected chi connectivity index (χ3v) is 2.84. The number of nitrogens with zero attached hydrogens (tertiary/aromatic N) is 1. The molecule has 0 bridgehead atoms. The highest BCUT2D eigenvalue weighted by Crippen LogP contribution is 2.30. The third-order valence-electron chi connectivity index (χ3n) is 2.84. The van der Waals surface area contributed by atoms with Gasteiger partial charge in [0.1, 0.15) is 6.10 Å². The first-order valence-corrected chi connectivity index (χ1v) is 6.12. The van der Waals surface area contributed by atoms with Gasteiger partial charge in [0.25, 0.3) is 6.29 Å². The van der Waals surface area contributed by atoms with E-state index in [2.05, 4.69) is 5.16 Å². The van der Waals surface area contributed by atoms with Gasteiger partial charge in [-0.3, -0.25) is 0 Å². The van der Waals surface area contributed by atoms with E-state index in [4.69, 9.17) is 9.57 Å². The van der Waals surface area contributed by atoms with Crippen LogP contribution in [0, 0.1) is 0 Å². The Bertz CT molecular complexity index is 502. The fourth-order valence-electron chi connectivity index (χ4n) is 1.87. The largest absolute Gasteiger partial charge is 0.416 e. The molecule has 1 N–H and O–H groups in total. The highest BCUT2D eigenvalue weighted by atomic mass is 19.4. The summed E-state index contributed by atoms with van der Waals surface area (Å²) in [4.78, 5) is 4.96. The first-order chi connectivity index (χ1) is 9.41. The highest BCUT2D eigenvalue weighted by molar-refractivity contribution is 6.01. The SMILES string of the molecule is CCO[C@H]1ON=C(c2cccc(C(F)(F)F)c2)C[C@@H]1O. The van der Waals surface area contributed by atoms with Crippen LogP contribution in [-0.4, -0.2) is 29.8 Å². The van der Waals surface area contributed by atoms with E-state index in [9.17, 15) is 18.3 Å². The molecule has 0 aromatic heterocycles. The van der Waals surface area contributed by atoms with Gasteiger partial charge in [-0.05, 0) is 24.6 Å². The summed E-state index contributed by atoms with van der Waals surface area (Å²) in [5, 5.41) is 13.5. The van der Waals surface area contributed by atoms with Crippen molar-refractivity contribution in [1.29, 1.82) is 0 Å². The molecule has 0 saturated heterocycles. The molecular formula is C13H14F3NO3. The Morgan fingerprint density at radius 3 is 2.80 bits per heavy atom. The van der Waals surface area contributed by atoms with Gasteiger partial charge in [-0.25, -0.2) is 0 Å². The summed E-state index contributed by atoms with van der Waals surface area (Å²) in [5.74, 6) is 0. The molecule has 0 fully saturated rings. The van der Waals surface area contributed by atoms with Gasteiger partial charge in [0, 0.05) is 13.0 Å². The first kappa shape index (κ1) is 14.8. The number of hydrogen-bond acceptors (Lipinski definition) is 4. The number of ether oxygens (including phenoxy) is 1. The van der Waals surface area contributed by atoms with Crippen LogP contribution in [0.4, 0.5) is 13.2 Å². The molecule has 110 valence electrons. The van der Waals surface area contributed by atoms with Crippen molar-refractivity contribution in [3.8, 4) is 0 Å². The Morgan fingerprint density at radius 1 is 1.45 bits per heavy atom. The molecule has 1 aliphatic rings.